The predicted molar refractivity (Wildman–Crippen MR) is 142 cm³/mol. The Morgan fingerprint density at radius 1 is 1.00 bits per heavy atom. The first-order valence-electron chi connectivity index (χ1n) is 14.5. The second kappa shape index (κ2) is 13.3. The molecule has 10 nitrogen and oxygen atoms in total. The van der Waals surface area contributed by atoms with Crippen LogP contribution in [0, 0.1) is 16.7 Å². The first-order valence-corrected chi connectivity index (χ1v) is 14.5. The molecular weight excluding hydrogens is 564 g/mol. The monoisotopic (exact) mass is 606 g/mol. The molecule has 2 bridgehead atoms. The highest BCUT2D eigenvalue weighted by Gasteiger charge is 2.68. The zero-order chi connectivity index (χ0) is 31.3. The maximum absolute atomic E-state index is 13.6. The molecule has 1 aliphatic heterocycles. The molecule has 1 heterocycles. The number of nitrogens with one attached hydrogen (secondary N) is 4. The van der Waals surface area contributed by atoms with Crippen LogP contribution in [-0.4, -0.2) is 73.2 Å². The molecule has 42 heavy (non-hydrogen) atoms. The zero-order valence-electron chi connectivity index (χ0n) is 24.4. The standard InChI is InChI=1S/C28H42F4N4O6/c1-25(2,3)12-19(36-24(41)23(40)33-9-6-4-5-8-26-14-27(29,15-26)16-26)22(39)35-18(11-17-7-10-34-21(17)38)20(37)13-42-28(30,31)32/h17-19H,4-16H2,1-3H3,(H,33,40)(H,34,38)(H,35,39)(H,36,41)/t17-,18-,19-,26?,27?/m0/s1. The molecule has 0 spiro atoms. The number of Topliss-reactive ketones (excluding diaryl/α,β-unsaturated/α-hetero) is 1. The van der Waals surface area contributed by atoms with E-state index in [0.29, 0.717) is 38.6 Å². The van der Waals surface area contributed by atoms with Crippen molar-refractivity contribution in [3.63, 3.8) is 0 Å². The maximum Gasteiger partial charge on any atom is 0.522 e. The van der Waals surface area contributed by atoms with Crippen LogP contribution in [0.15, 0.2) is 0 Å². The fraction of sp³-hybridized carbons (Fsp3) is 0.821. The average Bonchev–Trinajstić information content (AvgIpc) is 3.24. The highest BCUT2D eigenvalue weighted by Crippen LogP contribution is 2.71. The van der Waals surface area contributed by atoms with E-state index in [1.54, 1.807) is 20.8 Å². The molecule has 3 aliphatic carbocycles. The number of hydrogen-bond donors (Lipinski definition) is 4. The lowest BCUT2D eigenvalue weighted by molar-refractivity contribution is -0.321. The number of unbranched alkanes of at least 4 members (excludes halogenated alkanes) is 2. The average molecular weight is 607 g/mol. The highest BCUT2D eigenvalue weighted by atomic mass is 19.4. The van der Waals surface area contributed by atoms with Gasteiger partial charge in [0.1, 0.15) is 18.3 Å². The summed E-state index contributed by atoms with van der Waals surface area (Å²) in [5, 5.41) is 9.83. The van der Waals surface area contributed by atoms with Crippen molar-refractivity contribution in [1.29, 1.82) is 0 Å². The zero-order valence-corrected chi connectivity index (χ0v) is 24.4. The Bertz CT molecular complexity index is 1020. The topological polar surface area (TPSA) is 143 Å². The summed E-state index contributed by atoms with van der Waals surface area (Å²) in [5.74, 6) is -5.07. The number of amides is 4. The first kappa shape index (κ1) is 33.7. The van der Waals surface area contributed by atoms with Gasteiger partial charge in [0.2, 0.25) is 11.8 Å². The number of halogens is 4. The van der Waals surface area contributed by atoms with E-state index in [2.05, 4.69) is 26.0 Å². The normalized spacial score (nSPS) is 26.3. The lowest BCUT2D eigenvalue weighted by Crippen LogP contribution is -2.64. The van der Waals surface area contributed by atoms with E-state index >= 15 is 0 Å². The molecule has 3 saturated carbocycles. The fourth-order valence-corrected chi connectivity index (χ4v) is 6.21. The molecule has 4 fully saturated rings. The number of carbonyl (C=O) groups excluding carboxylic acids is 5. The van der Waals surface area contributed by atoms with E-state index < -0.39 is 65.6 Å². The second-order valence-corrected chi connectivity index (χ2v) is 13.3. The molecule has 4 N–H and O–H groups in total. The van der Waals surface area contributed by atoms with E-state index in [4.69, 9.17) is 0 Å². The van der Waals surface area contributed by atoms with Gasteiger partial charge in [0, 0.05) is 19.0 Å². The van der Waals surface area contributed by atoms with Gasteiger partial charge in [-0.25, -0.2) is 4.39 Å². The molecule has 4 aliphatic rings. The predicted octanol–water partition coefficient (Wildman–Crippen LogP) is 2.59. The fourth-order valence-electron chi connectivity index (χ4n) is 6.21. The van der Waals surface area contributed by atoms with Gasteiger partial charge in [0.05, 0.1) is 6.04 Å². The smallest absolute Gasteiger partial charge is 0.356 e. The van der Waals surface area contributed by atoms with E-state index in [9.17, 15) is 41.5 Å². The van der Waals surface area contributed by atoms with E-state index in [-0.39, 0.29) is 30.7 Å². The van der Waals surface area contributed by atoms with Crippen molar-refractivity contribution in [2.75, 3.05) is 19.7 Å². The van der Waals surface area contributed by atoms with Crippen LogP contribution in [0.1, 0.15) is 85.0 Å². The molecule has 238 valence electrons. The summed E-state index contributed by atoms with van der Waals surface area (Å²) in [6.07, 6.45) is 0.292. The third-order valence-corrected chi connectivity index (χ3v) is 8.16. The third kappa shape index (κ3) is 9.91. The molecule has 0 unspecified atom stereocenters. The number of ketones is 1. The Labute approximate surface area is 242 Å². The van der Waals surface area contributed by atoms with Crippen LogP contribution >= 0.6 is 0 Å². The summed E-state index contributed by atoms with van der Waals surface area (Å²) in [7, 11) is 0. The van der Waals surface area contributed by atoms with Crippen LogP contribution in [0.3, 0.4) is 0 Å². The maximum atomic E-state index is 13.6. The minimum absolute atomic E-state index is 0.0453. The number of hydrogen-bond acceptors (Lipinski definition) is 6. The van der Waals surface area contributed by atoms with Crippen molar-refractivity contribution < 1.29 is 46.3 Å². The lowest BCUT2D eigenvalue weighted by Gasteiger charge is -2.66. The summed E-state index contributed by atoms with van der Waals surface area (Å²) >= 11 is 0. The van der Waals surface area contributed by atoms with Gasteiger partial charge in [-0.1, -0.05) is 33.6 Å². The van der Waals surface area contributed by atoms with Crippen LogP contribution < -0.4 is 21.3 Å². The minimum Gasteiger partial charge on any atom is -0.356 e. The molecule has 1 saturated heterocycles. The molecule has 0 aromatic rings. The van der Waals surface area contributed by atoms with Gasteiger partial charge in [-0.3, -0.25) is 28.7 Å². The molecule has 4 amide bonds. The SMILES string of the molecule is CC(C)(C)C[C@H](NC(=O)C(=O)NCCCCCC12CC(F)(C1)C2)C(=O)N[C@@H](C[C@@H]1CCNC1=O)C(=O)COC(F)(F)F. The second-order valence-electron chi connectivity index (χ2n) is 13.3. The van der Waals surface area contributed by atoms with Crippen molar-refractivity contribution >= 4 is 29.4 Å². The quantitative estimate of drug-likeness (QED) is 0.128. The number of carbonyl (C=O) groups is 5. The van der Waals surface area contributed by atoms with Crippen molar-refractivity contribution in [1.82, 2.24) is 21.3 Å². The van der Waals surface area contributed by atoms with E-state index in [0.717, 1.165) is 19.3 Å². The Hall–Kier alpha value is -2.77. The molecule has 0 radical (unpaired) electrons. The van der Waals surface area contributed by atoms with Gasteiger partial charge in [0.25, 0.3) is 0 Å². The Kier molecular flexibility index (Phi) is 10.6. The number of rotatable bonds is 15. The Balaban J connectivity index is 1.52. The Morgan fingerprint density at radius 3 is 2.21 bits per heavy atom. The third-order valence-electron chi connectivity index (χ3n) is 8.16. The summed E-state index contributed by atoms with van der Waals surface area (Å²) in [4.78, 5) is 62.9. The largest absolute Gasteiger partial charge is 0.522 e. The number of ether oxygens (including phenoxy) is 1. The van der Waals surface area contributed by atoms with Crippen LogP contribution in [0.5, 0.6) is 0 Å². The van der Waals surface area contributed by atoms with Crippen LogP contribution in [0.2, 0.25) is 0 Å². The van der Waals surface area contributed by atoms with Gasteiger partial charge >= 0.3 is 18.2 Å². The van der Waals surface area contributed by atoms with Crippen LogP contribution in [0.4, 0.5) is 17.6 Å². The highest BCUT2D eigenvalue weighted by molar-refractivity contribution is 6.35. The van der Waals surface area contributed by atoms with Gasteiger partial charge in [-0.2, -0.15) is 0 Å². The van der Waals surface area contributed by atoms with Gasteiger partial charge in [0.15, 0.2) is 5.78 Å². The first-order chi connectivity index (χ1) is 19.4. The Morgan fingerprint density at radius 2 is 1.67 bits per heavy atom. The molecule has 3 atom stereocenters. The molecule has 0 aromatic carbocycles. The summed E-state index contributed by atoms with van der Waals surface area (Å²) in [5.41, 5.74) is -1.29. The summed E-state index contributed by atoms with van der Waals surface area (Å²) in [6, 6.07) is -2.77. The van der Waals surface area contributed by atoms with E-state index in [1.807, 2.05) is 0 Å². The van der Waals surface area contributed by atoms with Crippen molar-refractivity contribution in [3.05, 3.63) is 0 Å². The molecule has 14 heteroatoms. The van der Waals surface area contributed by atoms with Gasteiger partial charge in [-0.15, -0.1) is 13.2 Å². The van der Waals surface area contributed by atoms with Crippen LogP contribution in [0.25, 0.3) is 0 Å². The van der Waals surface area contributed by atoms with Crippen molar-refractivity contribution in [3.8, 4) is 0 Å². The summed E-state index contributed by atoms with van der Waals surface area (Å²) in [6.45, 7) is 4.55. The van der Waals surface area contributed by atoms with Crippen molar-refractivity contribution in [2.45, 2.75) is 109 Å². The minimum atomic E-state index is -5.07. The van der Waals surface area contributed by atoms with Gasteiger partial charge in [-0.05, 0) is 62.2 Å². The summed E-state index contributed by atoms with van der Waals surface area (Å²) < 4.78 is 54.9. The number of alkyl halides is 4. The van der Waals surface area contributed by atoms with Crippen molar-refractivity contribution in [2.24, 2.45) is 16.7 Å². The molecule has 4 rings (SSSR count). The van der Waals surface area contributed by atoms with Crippen LogP contribution in [-0.2, 0) is 28.7 Å². The molecule has 0 aromatic heterocycles. The van der Waals surface area contributed by atoms with E-state index in [1.165, 1.54) is 0 Å². The molecular formula is C28H42F4N4O6. The lowest BCUT2D eigenvalue weighted by atomic mass is 9.41. The van der Waals surface area contributed by atoms with Gasteiger partial charge < -0.3 is 21.3 Å².